The second-order valence-corrected chi connectivity index (χ2v) is 4.18. The smallest absolute Gasteiger partial charge is 0.335 e. The molecule has 0 saturated carbocycles. The third kappa shape index (κ3) is 2.02. The summed E-state index contributed by atoms with van der Waals surface area (Å²) in [6, 6.07) is 4.46. The van der Waals surface area contributed by atoms with Gasteiger partial charge in [0.15, 0.2) is 5.82 Å². The average molecular weight is 247 g/mol. The maximum atomic E-state index is 10.8. The SMILES string of the molecule is CC(C)c1nnnn1-c1ccc(C(=O)O)cc1N. The molecule has 0 aliphatic rings. The number of hydrogen-bond donors (Lipinski definition) is 2. The number of aromatic carboxylic acids is 1. The van der Waals surface area contributed by atoms with Crippen LogP contribution in [0.2, 0.25) is 0 Å². The van der Waals surface area contributed by atoms with Crippen LogP contribution >= 0.6 is 0 Å². The Labute approximate surface area is 103 Å². The Morgan fingerprint density at radius 2 is 2.17 bits per heavy atom. The maximum Gasteiger partial charge on any atom is 0.335 e. The Morgan fingerprint density at radius 1 is 1.44 bits per heavy atom. The van der Waals surface area contributed by atoms with E-state index in [2.05, 4.69) is 15.5 Å². The fourth-order valence-electron chi connectivity index (χ4n) is 1.61. The molecule has 0 bridgehead atoms. The monoisotopic (exact) mass is 247 g/mol. The second-order valence-electron chi connectivity index (χ2n) is 4.18. The van der Waals surface area contributed by atoms with Crippen LogP contribution in [0.25, 0.3) is 5.69 Å². The van der Waals surface area contributed by atoms with E-state index in [1.165, 1.54) is 16.8 Å². The minimum atomic E-state index is -1.02. The molecule has 0 unspecified atom stereocenters. The first-order chi connectivity index (χ1) is 8.50. The van der Waals surface area contributed by atoms with E-state index in [-0.39, 0.29) is 11.5 Å². The van der Waals surface area contributed by atoms with Crippen LogP contribution in [0.4, 0.5) is 5.69 Å². The zero-order valence-corrected chi connectivity index (χ0v) is 10.0. The fourth-order valence-corrected chi connectivity index (χ4v) is 1.61. The van der Waals surface area contributed by atoms with Crippen LogP contribution in [0.15, 0.2) is 18.2 Å². The highest BCUT2D eigenvalue weighted by molar-refractivity contribution is 5.89. The van der Waals surface area contributed by atoms with Gasteiger partial charge in [-0.25, -0.2) is 4.79 Å². The second kappa shape index (κ2) is 4.44. The molecule has 3 N–H and O–H groups in total. The van der Waals surface area contributed by atoms with Gasteiger partial charge in [-0.05, 0) is 28.6 Å². The molecule has 0 saturated heterocycles. The molecule has 1 aromatic heterocycles. The Balaban J connectivity index is 2.51. The highest BCUT2D eigenvalue weighted by Crippen LogP contribution is 2.21. The summed E-state index contributed by atoms with van der Waals surface area (Å²) in [5.41, 5.74) is 6.88. The molecule has 0 radical (unpaired) electrons. The number of benzene rings is 1. The van der Waals surface area contributed by atoms with Crippen molar-refractivity contribution < 1.29 is 9.90 Å². The summed E-state index contributed by atoms with van der Waals surface area (Å²) in [5, 5.41) is 20.3. The van der Waals surface area contributed by atoms with E-state index in [1.54, 1.807) is 6.07 Å². The lowest BCUT2D eigenvalue weighted by Crippen LogP contribution is -2.08. The number of hydrogen-bond acceptors (Lipinski definition) is 5. The molecule has 0 fully saturated rings. The van der Waals surface area contributed by atoms with Crippen molar-refractivity contribution in [2.45, 2.75) is 19.8 Å². The van der Waals surface area contributed by atoms with Gasteiger partial charge in [-0.15, -0.1) is 5.10 Å². The number of carboxylic acid groups (broad SMARTS) is 1. The number of nitrogens with zero attached hydrogens (tertiary/aromatic N) is 4. The summed E-state index contributed by atoms with van der Waals surface area (Å²) in [6.07, 6.45) is 0. The van der Waals surface area contributed by atoms with Gasteiger partial charge in [0.2, 0.25) is 0 Å². The lowest BCUT2D eigenvalue weighted by molar-refractivity contribution is 0.0697. The molecule has 7 nitrogen and oxygen atoms in total. The zero-order valence-electron chi connectivity index (χ0n) is 10.0. The molecule has 0 aliphatic carbocycles. The highest BCUT2D eigenvalue weighted by atomic mass is 16.4. The molecule has 1 aromatic carbocycles. The molecule has 0 amide bonds. The van der Waals surface area contributed by atoms with Crippen LogP contribution in [0.1, 0.15) is 35.9 Å². The summed E-state index contributed by atoms with van der Waals surface area (Å²) in [7, 11) is 0. The summed E-state index contributed by atoms with van der Waals surface area (Å²) < 4.78 is 1.52. The molecular formula is C11H13N5O2. The van der Waals surface area contributed by atoms with Crippen molar-refractivity contribution in [3.05, 3.63) is 29.6 Å². The average Bonchev–Trinajstić information content (AvgIpc) is 2.77. The summed E-state index contributed by atoms with van der Waals surface area (Å²) >= 11 is 0. The van der Waals surface area contributed by atoms with E-state index >= 15 is 0 Å². The van der Waals surface area contributed by atoms with Gasteiger partial charge in [-0.1, -0.05) is 13.8 Å². The first kappa shape index (κ1) is 12.0. The first-order valence-electron chi connectivity index (χ1n) is 5.42. The van der Waals surface area contributed by atoms with Gasteiger partial charge in [0.25, 0.3) is 0 Å². The molecule has 94 valence electrons. The van der Waals surface area contributed by atoms with E-state index in [1.807, 2.05) is 13.8 Å². The van der Waals surface area contributed by atoms with E-state index in [9.17, 15) is 4.79 Å². The van der Waals surface area contributed by atoms with Gasteiger partial charge in [0.05, 0.1) is 16.9 Å². The molecule has 0 aliphatic heterocycles. The highest BCUT2D eigenvalue weighted by Gasteiger charge is 2.15. The van der Waals surface area contributed by atoms with E-state index in [0.717, 1.165) is 0 Å². The molecule has 7 heteroatoms. The van der Waals surface area contributed by atoms with Gasteiger partial charge in [0.1, 0.15) is 0 Å². The zero-order chi connectivity index (χ0) is 13.3. The number of anilines is 1. The Bertz CT molecular complexity index is 591. The number of tetrazole rings is 1. The maximum absolute atomic E-state index is 10.8. The molecular weight excluding hydrogens is 234 g/mol. The quantitative estimate of drug-likeness (QED) is 0.785. The normalized spacial score (nSPS) is 10.8. The van der Waals surface area contributed by atoms with E-state index in [0.29, 0.717) is 17.2 Å². The first-order valence-corrected chi connectivity index (χ1v) is 5.42. The number of aromatic nitrogens is 4. The van der Waals surface area contributed by atoms with Crippen LogP contribution in [0, 0.1) is 0 Å². The third-order valence-corrected chi connectivity index (χ3v) is 2.51. The van der Waals surface area contributed by atoms with Gasteiger partial charge >= 0.3 is 5.97 Å². The predicted molar refractivity (Wildman–Crippen MR) is 64.6 cm³/mol. The van der Waals surface area contributed by atoms with E-state index in [4.69, 9.17) is 10.8 Å². The van der Waals surface area contributed by atoms with Gasteiger partial charge in [-0.3, -0.25) is 0 Å². The van der Waals surface area contributed by atoms with Crippen LogP contribution in [0.3, 0.4) is 0 Å². The van der Waals surface area contributed by atoms with E-state index < -0.39 is 5.97 Å². The third-order valence-electron chi connectivity index (χ3n) is 2.51. The van der Waals surface area contributed by atoms with Crippen molar-refractivity contribution in [3.63, 3.8) is 0 Å². The van der Waals surface area contributed by atoms with Crippen molar-refractivity contribution in [1.29, 1.82) is 0 Å². The lowest BCUT2D eigenvalue weighted by Gasteiger charge is -2.09. The number of nitrogens with two attached hydrogens (primary N) is 1. The molecule has 2 aromatic rings. The lowest BCUT2D eigenvalue weighted by atomic mass is 10.1. The topological polar surface area (TPSA) is 107 Å². The van der Waals surface area contributed by atoms with Crippen LogP contribution in [-0.4, -0.2) is 31.3 Å². The van der Waals surface area contributed by atoms with Crippen molar-refractivity contribution in [3.8, 4) is 5.69 Å². The van der Waals surface area contributed by atoms with Gasteiger partial charge in [0, 0.05) is 5.92 Å². The van der Waals surface area contributed by atoms with Crippen molar-refractivity contribution in [2.24, 2.45) is 0 Å². The van der Waals surface area contributed by atoms with Crippen molar-refractivity contribution in [2.75, 3.05) is 5.73 Å². The molecule has 1 heterocycles. The minimum Gasteiger partial charge on any atom is -0.478 e. The molecule has 18 heavy (non-hydrogen) atoms. The largest absolute Gasteiger partial charge is 0.478 e. The number of rotatable bonds is 3. The number of nitrogen functional groups attached to an aromatic ring is 1. The predicted octanol–water partition coefficient (Wildman–Crippen LogP) is 1.07. The van der Waals surface area contributed by atoms with Crippen LogP contribution in [0.5, 0.6) is 0 Å². The van der Waals surface area contributed by atoms with Gasteiger partial charge in [-0.2, -0.15) is 4.68 Å². The van der Waals surface area contributed by atoms with Crippen LogP contribution in [-0.2, 0) is 0 Å². The Hall–Kier alpha value is -2.44. The van der Waals surface area contributed by atoms with Gasteiger partial charge < -0.3 is 10.8 Å². The summed E-state index contributed by atoms with van der Waals surface area (Å²) in [4.78, 5) is 10.8. The number of carboxylic acids is 1. The minimum absolute atomic E-state index is 0.135. The number of carbonyl (C=O) groups is 1. The molecule has 0 atom stereocenters. The van der Waals surface area contributed by atoms with Crippen LogP contribution < -0.4 is 5.73 Å². The molecule has 2 rings (SSSR count). The summed E-state index contributed by atoms with van der Waals surface area (Å²) in [6.45, 7) is 3.92. The summed E-state index contributed by atoms with van der Waals surface area (Å²) in [5.74, 6) is -0.211. The fraction of sp³-hybridized carbons (Fsp3) is 0.273. The van der Waals surface area contributed by atoms with Crippen molar-refractivity contribution >= 4 is 11.7 Å². The Morgan fingerprint density at radius 3 is 2.72 bits per heavy atom. The molecule has 0 spiro atoms. The standard InChI is InChI=1S/C11H13N5O2/c1-6(2)10-13-14-15-16(10)9-4-3-7(11(17)18)5-8(9)12/h3-6H,12H2,1-2H3,(H,17,18). The van der Waals surface area contributed by atoms with Crippen molar-refractivity contribution in [1.82, 2.24) is 20.2 Å². The Kier molecular flexibility index (Phi) is 2.97.